The van der Waals surface area contributed by atoms with Crippen molar-refractivity contribution in [3.63, 3.8) is 0 Å². The topological polar surface area (TPSA) is 83.1 Å². The largest absolute Gasteiger partial charge is 0.323 e. The van der Waals surface area contributed by atoms with E-state index in [4.69, 9.17) is 0 Å². The summed E-state index contributed by atoms with van der Waals surface area (Å²) < 4.78 is 14.4. The number of amides is 3. The van der Waals surface area contributed by atoms with Crippen molar-refractivity contribution in [1.82, 2.24) is 4.98 Å². The van der Waals surface area contributed by atoms with Crippen molar-refractivity contribution in [3.05, 3.63) is 47.8 Å². The zero-order valence-corrected chi connectivity index (χ0v) is 15.0. The molecule has 0 aliphatic rings. The van der Waals surface area contributed by atoms with Gasteiger partial charge in [-0.2, -0.15) is 0 Å². The van der Waals surface area contributed by atoms with Crippen molar-refractivity contribution < 1.29 is 14.0 Å². The molecule has 2 aromatic carbocycles. The third kappa shape index (κ3) is 4.15. The van der Waals surface area contributed by atoms with E-state index >= 15 is 0 Å². The first-order chi connectivity index (χ1) is 12.4. The zero-order valence-electron chi connectivity index (χ0n) is 14.2. The average Bonchev–Trinajstić information content (AvgIpc) is 2.99. The maximum absolute atomic E-state index is 13.5. The van der Waals surface area contributed by atoms with Crippen LogP contribution in [0.2, 0.25) is 0 Å². The Morgan fingerprint density at radius 3 is 2.46 bits per heavy atom. The van der Waals surface area contributed by atoms with Crippen LogP contribution in [-0.4, -0.2) is 16.9 Å². The van der Waals surface area contributed by atoms with Crippen LogP contribution in [-0.2, 0) is 4.79 Å². The van der Waals surface area contributed by atoms with Gasteiger partial charge in [0.1, 0.15) is 5.82 Å². The lowest BCUT2D eigenvalue weighted by atomic mass is 10.2. The summed E-state index contributed by atoms with van der Waals surface area (Å²) in [5, 5.41) is 8.52. The number of fused-ring (bicyclic) bond motifs is 1. The van der Waals surface area contributed by atoms with Gasteiger partial charge in [-0.15, -0.1) is 0 Å². The Labute approximate surface area is 153 Å². The Hall–Kier alpha value is -3.00. The molecule has 0 spiro atoms. The van der Waals surface area contributed by atoms with E-state index in [0.717, 1.165) is 10.2 Å². The van der Waals surface area contributed by atoms with Crippen molar-refractivity contribution in [1.29, 1.82) is 0 Å². The molecule has 0 saturated heterocycles. The second kappa shape index (κ2) is 7.49. The second-order valence-corrected chi connectivity index (χ2v) is 6.68. The Morgan fingerprint density at radius 1 is 1.08 bits per heavy atom. The first kappa shape index (κ1) is 17.8. The molecular weight excluding hydrogens is 355 g/mol. The summed E-state index contributed by atoms with van der Waals surface area (Å²) in [7, 11) is 0. The number of carbonyl (C=O) groups is 2. The van der Waals surface area contributed by atoms with Crippen LogP contribution in [0.15, 0.2) is 36.4 Å². The van der Waals surface area contributed by atoms with Crippen LogP contribution in [0.4, 0.5) is 25.7 Å². The summed E-state index contributed by atoms with van der Waals surface area (Å²) >= 11 is 1.33. The monoisotopic (exact) mass is 372 g/mol. The standard InChI is InChI=1S/C18H17FN4O2S/c1-3-16(24)23-18-22-14-7-6-12(9-15(14)26-18)21-17(25)20-11-5-4-10(2)13(19)8-11/h4-9H,3H2,1-2H3,(H2,20,21,25)(H,22,23,24). The highest BCUT2D eigenvalue weighted by atomic mass is 32.1. The second-order valence-electron chi connectivity index (χ2n) is 5.65. The van der Waals surface area contributed by atoms with Crippen LogP contribution in [0, 0.1) is 12.7 Å². The molecule has 0 aliphatic heterocycles. The number of thiazole rings is 1. The lowest BCUT2D eigenvalue weighted by Crippen LogP contribution is -2.19. The van der Waals surface area contributed by atoms with Crippen molar-refractivity contribution in [2.75, 3.05) is 16.0 Å². The number of hydrogen-bond acceptors (Lipinski definition) is 4. The van der Waals surface area contributed by atoms with E-state index in [1.165, 1.54) is 17.4 Å². The third-order valence-corrected chi connectivity index (χ3v) is 4.58. The molecule has 8 heteroatoms. The van der Waals surface area contributed by atoms with Crippen LogP contribution in [0.25, 0.3) is 10.2 Å². The van der Waals surface area contributed by atoms with Gasteiger partial charge < -0.3 is 16.0 Å². The van der Waals surface area contributed by atoms with Crippen LogP contribution < -0.4 is 16.0 Å². The minimum atomic E-state index is -0.475. The number of carbonyl (C=O) groups excluding carboxylic acids is 2. The van der Waals surface area contributed by atoms with Gasteiger partial charge in [-0.3, -0.25) is 4.79 Å². The highest BCUT2D eigenvalue weighted by molar-refractivity contribution is 7.22. The van der Waals surface area contributed by atoms with Crippen molar-refractivity contribution in [3.8, 4) is 0 Å². The SMILES string of the molecule is CCC(=O)Nc1nc2ccc(NC(=O)Nc3ccc(C)c(F)c3)cc2s1. The molecule has 3 amide bonds. The molecule has 26 heavy (non-hydrogen) atoms. The van der Waals surface area contributed by atoms with Crippen molar-refractivity contribution in [2.45, 2.75) is 20.3 Å². The van der Waals surface area contributed by atoms with E-state index in [1.54, 1.807) is 44.2 Å². The Morgan fingerprint density at radius 2 is 1.77 bits per heavy atom. The molecule has 134 valence electrons. The summed E-state index contributed by atoms with van der Waals surface area (Å²) in [4.78, 5) is 27.9. The molecule has 6 nitrogen and oxygen atoms in total. The number of nitrogens with zero attached hydrogens (tertiary/aromatic N) is 1. The highest BCUT2D eigenvalue weighted by Crippen LogP contribution is 2.28. The fraction of sp³-hybridized carbons (Fsp3) is 0.167. The van der Waals surface area contributed by atoms with E-state index < -0.39 is 6.03 Å². The molecule has 0 unspecified atom stereocenters. The van der Waals surface area contributed by atoms with Crippen LogP contribution in [0.5, 0.6) is 0 Å². The first-order valence-electron chi connectivity index (χ1n) is 7.99. The number of nitrogens with one attached hydrogen (secondary N) is 3. The molecule has 3 aromatic rings. The number of hydrogen-bond donors (Lipinski definition) is 3. The fourth-order valence-corrected chi connectivity index (χ4v) is 3.15. The predicted molar refractivity (Wildman–Crippen MR) is 102 cm³/mol. The molecular formula is C18H17FN4O2S. The van der Waals surface area contributed by atoms with Gasteiger partial charge in [0, 0.05) is 17.8 Å². The van der Waals surface area contributed by atoms with E-state index in [0.29, 0.717) is 28.5 Å². The van der Waals surface area contributed by atoms with Gasteiger partial charge in [-0.05, 0) is 42.8 Å². The summed E-state index contributed by atoms with van der Waals surface area (Å²) in [5.41, 5.74) is 2.18. The molecule has 3 rings (SSSR count). The molecule has 0 atom stereocenters. The van der Waals surface area contributed by atoms with Gasteiger partial charge in [-0.1, -0.05) is 24.3 Å². The van der Waals surface area contributed by atoms with Crippen LogP contribution in [0.1, 0.15) is 18.9 Å². The Balaban J connectivity index is 1.70. The maximum atomic E-state index is 13.5. The quantitative estimate of drug-likeness (QED) is 0.619. The smallest absolute Gasteiger partial charge is 0.308 e. The van der Waals surface area contributed by atoms with Crippen molar-refractivity contribution in [2.24, 2.45) is 0 Å². The normalized spacial score (nSPS) is 10.6. The van der Waals surface area contributed by atoms with Crippen molar-refractivity contribution >= 4 is 50.0 Å². The number of urea groups is 1. The number of aromatic nitrogens is 1. The number of rotatable bonds is 4. The lowest BCUT2D eigenvalue weighted by Gasteiger charge is -2.08. The maximum Gasteiger partial charge on any atom is 0.323 e. The van der Waals surface area contributed by atoms with E-state index in [-0.39, 0.29) is 11.7 Å². The third-order valence-electron chi connectivity index (χ3n) is 3.64. The number of aryl methyl sites for hydroxylation is 1. The van der Waals surface area contributed by atoms with Crippen LogP contribution >= 0.6 is 11.3 Å². The average molecular weight is 372 g/mol. The molecule has 0 saturated carbocycles. The zero-order chi connectivity index (χ0) is 18.7. The summed E-state index contributed by atoms with van der Waals surface area (Å²) in [5.74, 6) is -0.484. The molecule has 3 N–H and O–H groups in total. The van der Waals surface area contributed by atoms with Gasteiger partial charge >= 0.3 is 6.03 Å². The molecule has 1 heterocycles. The number of halogens is 1. The Bertz CT molecular complexity index is 986. The molecule has 0 radical (unpaired) electrons. The molecule has 0 aliphatic carbocycles. The van der Waals surface area contributed by atoms with E-state index in [1.807, 2.05) is 0 Å². The highest BCUT2D eigenvalue weighted by Gasteiger charge is 2.09. The number of benzene rings is 2. The van der Waals surface area contributed by atoms with Gasteiger partial charge in [0.25, 0.3) is 0 Å². The number of anilines is 3. The lowest BCUT2D eigenvalue weighted by molar-refractivity contribution is -0.115. The van der Waals surface area contributed by atoms with Gasteiger partial charge in [-0.25, -0.2) is 14.2 Å². The van der Waals surface area contributed by atoms with E-state index in [2.05, 4.69) is 20.9 Å². The molecule has 1 aromatic heterocycles. The van der Waals surface area contributed by atoms with Gasteiger partial charge in [0.15, 0.2) is 5.13 Å². The van der Waals surface area contributed by atoms with Gasteiger partial charge in [0.05, 0.1) is 10.2 Å². The predicted octanol–water partition coefficient (Wildman–Crippen LogP) is 4.74. The molecule has 0 fully saturated rings. The molecule has 0 bridgehead atoms. The summed E-state index contributed by atoms with van der Waals surface area (Å²) in [6.45, 7) is 3.42. The van der Waals surface area contributed by atoms with Gasteiger partial charge in [0.2, 0.25) is 5.91 Å². The fourth-order valence-electron chi connectivity index (χ4n) is 2.23. The minimum absolute atomic E-state index is 0.105. The van der Waals surface area contributed by atoms with E-state index in [9.17, 15) is 14.0 Å². The minimum Gasteiger partial charge on any atom is -0.308 e. The summed E-state index contributed by atoms with van der Waals surface area (Å²) in [6.07, 6.45) is 0.377. The first-order valence-corrected chi connectivity index (χ1v) is 8.81. The Kier molecular flexibility index (Phi) is 5.13. The van der Waals surface area contributed by atoms with Crippen LogP contribution in [0.3, 0.4) is 0 Å². The summed E-state index contributed by atoms with van der Waals surface area (Å²) in [6, 6.07) is 9.26.